The molecule has 2 N–H and O–H groups in total. The molecule has 0 spiro atoms. The molecular weight excluding hydrogens is 296 g/mol. The van der Waals surface area contributed by atoms with Crippen LogP contribution in [0.4, 0.5) is 16.2 Å². The van der Waals surface area contributed by atoms with Gasteiger partial charge in [0, 0.05) is 18.3 Å². The lowest BCUT2D eigenvalue weighted by molar-refractivity contribution is -0.384. The number of non-ortho nitro benzene ring substituents is 1. The first-order valence-corrected chi connectivity index (χ1v) is 6.33. The van der Waals surface area contributed by atoms with Gasteiger partial charge < -0.3 is 10.6 Å². The van der Waals surface area contributed by atoms with Gasteiger partial charge in [-0.1, -0.05) is 17.7 Å². The highest BCUT2D eigenvalue weighted by atomic mass is 35.5. The van der Waals surface area contributed by atoms with Gasteiger partial charge in [0.15, 0.2) is 0 Å². The summed E-state index contributed by atoms with van der Waals surface area (Å²) in [5.74, 6) is 0. The van der Waals surface area contributed by atoms with E-state index in [-0.39, 0.29) is 17.3 Å². The number of hydrogen-bond donors (Lipinski definition) is 2. The summed E-state index contributed by atoms with van der Waals surface area (Å²) >= 11 is 5.88. The van der Waals surface area contributed by atoms with Crippen molar-refractivity contribution in [3.05, 3.63) is 63.4 Å². The van der Waals surface area contributed by atoms with Gasteiger partial charge in [0.25, 0.3) is 5.69 Å². The van der Waals surface area contributed by atoms with Crippen LogP contribution in [0.5, 0.6) is 0 Å². The van der Waals surface area contributed by atoms with Crippen molar-refractivity contribution in [2.24, 2.45) is 0 Å². The molecular formula is C13H11ClN4O3. The summed E-state index contributed by atoms with van der Waals surface area (Å²) in [5, 5.41) is 15.8. The van der Waals surface area contributed by atoms with Crippen molar-refractivity contribution >= 4 is 29.0 Å². The van der Waals surface area contributed by atoms with Crippen LogP contribution in [0.25, 0.3) is 0 Å². The lowest BCUT2D eigenvalue weighted by Gasteiger charge is -2.08. The van der Waals surface area contributed by atoms with E-state index in [4.69, 9.17) is 11.6 Å². The summed E-state index contributed by atoms with van der Waals surface area (Å²) in [4.78, 5) is 25.8. The zero-order chi connectivity index (χ0) is 15.2. The zero-order valence-corrected chi connectivity index (χ0v) is 11.5. The van der Waals surface area contributed by atoms with Crippen LogP contribution in [0, 0.1) is 10.1 Å². The molecule has 0 aliphatic heterocycles. The molecule has 0 aliphatic rings. The highest BCUT2D eigenvalue weighted by Gasteiger charge is 2.11. The van der Waals surface area contributed by atoms with E-state index in [9.17, 15) is 14.9 Å². The Labute approximate surface area is 125 Å². The third kappa shape index (κ3) is 4.15. The Hall–Kier alpha value is -2.67. The summed E-state index contributed by atoms with van der Waals surface area (Å²) < 4.78 is 0. The van der Waals surface area contributed by atoms with Crippen LogP contribution in [-0.4, -0.2) is 15.9 Å². The van der Waals surface area contributed by atoms with E-state index in [1.807, 2.05) is 6.07 Å². The molecule has 0 aliphatic carbocycles. The second-order valence-corrected chi connectivity index (χ2v) is 4.46. The number of carbonyl (C=O) groups is 1. The molecule has 1 aromatic carbocycles. The second kappa shape index (κ2) is 6.67. The molecule has 0 bridgehead atoms. The van der Waals surface area contributed by atoms with Gasteiger partial charge in [0.1, 0.15) is 0 Å². The summed E-state index contributed by atoms with van der Waals surface area (Å²) in [7, 11) is 0. The van der Waals surface area contributed by atoms with Crippen molar-refractivity contribution in [3.63, 3.8) is 0 Å². The van der Waals surface area contributed by atoms with Gasteiger partial charge in [-0.25, -0.2) is 4.79 Å². The third-order valence-corrected chi connectivity index (χ3v) is 2.88. The van der Waals surface area contributed by atoms with Gasteiger partial charge >= 0.3 is 6.03 Å². The number of urea groups is 1. The largest absolute Gasteiger partial charge is 0.332 e. The zero-order valence-electron chi connectivity index (χ0n) is 10.7. The number of rotatable bonds is 4. The number of nitro groups is 1. The Bertz CT molecular complexity index is 664. The van der Waals surface area contributed by atoms with E-state index < -0.39 is 11.0 Å². The number of anilines is 1. The predicted molar refractivity (Wildman–Crippen MR) is 78.2 cm³/mol. The van der Waals surface area contributed by atoms with Crippen molar-refractivity contribution in [3.8, 4) is 0 Å². The Morgan fingerprint density at radius 2 is 2.14 bits per heavy atom. The Balaban J connectivity index is 1.95. The minimum Gasteiger partial charge on any atom is -0.332 e. The number of aromatic nitrogens is 1. The standard InChI is InChI=1S/C13H11ClN4O3/c14-11-7-10(18(20)21)4-5-12(11)17-13(19)16-8-9-3-1-2-6-15-9/h1-7H,8H2,(H2,16,17,19). The van der Waals surface area contributed by atoms with Gasteiger partial charge in [-0.05, 0) is 18.2 Å². The van der Waals surface area contributed by atoms with Gasteiger partial charge in [-0.2, -0.15) is 0 Å². The summed E-state index contributed by atoms with van der Waals surface area (Å²) in [6, 6.07) is 8.71. The van der Waals surface area contributed by atoms with Crippen LogP contribution in [0.1, 0.15) is 5.69 Å². The number of halogens is 1. The van der Waals surface area contributed by atoms with Gasteiger partial charge in [-0.3, -0.25) is 15.1 Å². The van der Waals surface area contributed by atoms with E-state index in [1.165, 1.54) is 18.2 Å². The smallest absolute Gasteiger partial charge is 0.319 e. The van der Waals surface area contributed by atoms with Gasteiger partial charge in [-0.15, -0.1) is 0 Å². The number of pyridine rings is 1. The van der Waals surface area contributed by atoms with Crippen LogP contribution in [0.15, 0.2) is 42.6 Å². The molecule has 21 heavy (non-hydrogen) atoms. The van der Waals surface area contributed by atoms with Crippen LogP contribution in [0.3, 0.4) is 0 Å². The molecule has 1 heterocycles. The maximum absolute atomic E-state index is 11.7. The number of carbonyl (C=O) groups excluding carboxylic acids is 1. The molecule has 2 amide bonds. The molecule has 0 radical (unpaired) electrons. The van der Waals surface area contributed by atoms with Crippen molar-refractivity contribution < 1.29 is 9.72 Å². The molecule has 2 rings (SSSR count). The van der Waals surface area contributed by atoms with Crippen LogP contribution in [0.2, 0.25) is 5.02 Å². The topological polar surface area (TPSA) is 97.2 Å². The first-order chi connectivity index (χ1) is 10.1. The average Bonchev–Trinajstić information content (AvgIpc) is 2.48. The molecule has 0 unspecified atom stereocenters. The number of benzene rings is 1. The minimum absolute atomic E-state index is 0.0946. The maximum Gasteiger partial charge on any atom is 0.319 e. The number of nitrogens with one attached hydrogen (secondary N) is 2. The monoisotopic (exact) mass is 306 g/mol. The van der Waals surface area contributed by atoms with E-state index in [0.29, 0.717) is 11.4 Å². The fourth-order valence-electron chi connectivity index (χ4n) is 1.56. The van der Waals surface area contributed by atoms with Crippen LogP contribution < -0.4 is 10.6 Å². The van der Waals surface area contributed by atoms with E-state index >= 15 is 0 Å². The quantitative estimate of drug-likeness (QED) is 0.670. The van der Waals surface area contributed by atoms with Gasteiger partial charge in [0.2, 0.25) is 0 Å². The number of nitro benzene ring substituents is 1. The number of nitrogens with zero attached hydrogens (tertiary/aromatic N) is 2. The third-order valence-electron chi connectivity index (χ3n) is 2.57. The van der Waals surface area contributed by atoms with Crippen molar-refractivity contribution in [1.29, 1.82) is 0 Å². The molecule has 0 atom stereocenters. The average molecular weight is 307 g/mol. The van der Waals surface area contributed by atoms with Crippen molar-refractivity contribution in [2.75, 3.05) is 5.32 Å². The fourth-order valence-corrected chi connectivity index (χ4v) is 1.78. The first kappa shape index (κ1) is 14.7. The Morgan fingerprint density at radius 3 is 2.76 bits per heavy atom. The molecule has 2 aromatic rings. The minimum atomic E-state index is -0.559. The lowest BCUT2D eigenvalue weighted by Crippen LogP contribution is -2.28. The van der Waals surface area contributed by atoms with Crippen molar-refractivity contribution in [1.82, 2.24) is 10.3 Å². The Morgan fingerprint density at radius 1 is 1.33 bits per heavy atom. The SMILES string of the molecule is O=C(NCc1ccccn1)Nc1ccc([N+](=O)[O-])cc1Cl. The number of amides is 2. The van der Waals surface area contributed by atoms with Crippen LogP contribution >= 0.6 is 11.6 Å². The van der Waals surface area contributed by atoms with E-state index in [1.54, 1.807) is 18.3 Å². The molecule has 0 saturated carbocycles. The summed E-state index contributed by atoms with van der Waals surface area (Å²) in [5.41, 5.74) is 0.864. The van der Waals surface area contributed by atoms with E-state index in [0.717, 1.165) is 0 Å². The maximum atomic E-state index is 11.7. The molecule has 108 valence electrons. The van der Waals surface area contributed by atoms with E-state index in [2.05, 4.69) is 15.6 Å². The van der Waals surface area contributed by atoms with Crippen LogP contribution in [-0.2, 0) is 6.54 Å². The lowest BCUT2D eigenvalue weighted by atomic mass is 10.3. The van der Waals surface area contributed by atoms with Gasteiger partial charge in [0.05, 0.1) is 27.9 Å². The summed E-state index contributed by atoms with van der Waals surface area (Å²) in [6.07, 6.45) is 1.63. The molecule has 7 nitrogen and oxygen atoms in total. The molecule has 8 heteroatoms. The highest BCUT2D eigenvalue weighted by molar-refractivity contribution is 6.33. The first-order valence-electron chi connectivity index (χ1n) is 5.95. The van der Waals surface area contributed by atoms with Crippen molar-refractivity contribution in [2.45, 2.75) is 6.54 Å². The summed E-state index contributed by atoms with van der Waals surface area (Å²) in [6.45, 7) is 0.261. The molecule has 0 fully saturated rings. The predicted octanol–water partition coefficient (Wildman–Crippen LogP) is 2.96. The normalized spacial score (nSPS) is 9.95. The highest BCUT2D eigenvalue weighted by Crippen LogP contribution is 2.26. The number of hydrogen-bond acceptors (Lipinski definition) is 4. The molecule has 1 aromatic heterocycles. The second-order valence-electron chi connectivity index (χ2n) is 4.05. The molecule has 0 saturated heterocycles. The fraction of sp³-hybridized carbons (Fsp3) is 0.0769. The Kier molecular flexibility index (Phi) is 4.68.